The molecular formula is C25H27N5O2. The maximum Gasteiger partial charge on any atom is 0.259 e. The zero-order chi connectivity index (χ0) is 23.1. The predicted molar refractivity (Wildman–Crippen MR) is 128 cm³/mol. The Morgan fingerprint density at radius 1 is 0.875 bits per heavy atom. The van der Waals surface area contributed by atoms with Crippen molar-refractivity contribution in [2.24, 2.45) is 15.3 Å². The number of phenolic OH excluding ortho intramolecular Hbond substituents is 1. The Hall–Kier alpha value is -4.00. The molecule has 0 saturated heterocycles. The van der Waals surface area contributed by atoms with Gasteiger partial charge in [0, 0.05) is 11.3 Å². The van der Waals surface area contributed by atoms with Crippen LogP contribution in [0.25, 0.3) is 0 Å². The van der Waals surface area contributed by atoms with Crippen LogP contribution in [0.4, 0.5) is 17.1 Å². The number of carbonyl (C=O) groups is 1. The van der Waals surface area contributed by atoms with E-state index in [4.69, 9.17) is 0 Å². The highest BCUT2D eigenvalue weighted by atomic mass is 16.3. The minimum Gasteiger partial charge on any atom is -0.507 e. The van der Waals surface area contributed by atoms with Crippen molar-refractivity contribution in [1.29, 1.82) is 0 Å². The van der Waals surface area contributed by atoms with Gasteiger partial charge in [-0.15, -0.1) is 0 Å². The molecule has 0 fully saturated rings. The van der Waals surface area contributed by atoms with Crippen molar-refractivity contribution in [3.05, 3.63) is 82.4 Å². The molecule has 0 atom stereocenters. The lowest BCUT2D eigenvalue weighted by molar-refractivity contribution is -0.119. The summed E-state index contributed by atoms with van der Waals surface area (Å²) in [5.74, 6) is -0.268. The first kappa shape index (κ1) is 22.7. The van der Waals surface area contributed by atoms with Gasteiger partial charge in [-0.3, -0.25) is 4.79 Å². The molecule has 0 saturated carbocycles. The van der Waals surface area contributed by atoms with Gasteiger partial charge < -0.3 is 10.4 Å². The number of aromatic hydroxyl groups is 1. The Morgan fingerprint density at radius 2 is 1.53 bits per heavy atom. The highest BCUT2D eigenvalue weighted by Gasteiger charge is 2.05. The zero-order valence-corrected chi connectivity index (χ0v) is 18.7. The average Bonchev–Trinajstić information content (AvgIpc) is 2.76. The number of nitrogens with one attached hydrogen (secondary N) is 2. The number of carbonyl (C=O) groups excluding carboxylic acids is 1. The van der Waals surface area contributed by atoms with E-state index >= 15 is 0 Å². The molecule has 0 bridgehead atoms. The first-order valence-corrected chi connectivity index (χ1v) is 10.3. The molecule has 0 aliphatic heterocycles. The van der Waals surface area contributed by atoms with Crippen LogP contribution >= 0.6 is 0 Å². The van der Waals surface area contributed by atoms with E-state index in [0.29, 0.717) is 11.3 Å². The number of anilines is 1. The van der Waals surface area contributed by atoms with E-state index in [-0.39, 0.29) is 18.2 Å². The normalized spacial score (nSPS) is 11.2. The summed E-state index contributed by atoms with van der Waals surface area (Å²) in [4.78, 5) is 12.1. The second kappa shape index (κ2) is 10.3. The third-order valence-corrected chi connectivity index (χ3v) is 5.08. The van der Waals surface area contributed by atoms with Crippen molar-refractivity contribution < 1.29 is 9.90 Å². The number of amides is 1. The van der Waals surface area contributed by atoms with Gasteiger partial charge in [0.2, 0.25) is 0 Å². The predicted octanol–water partition coefficient (Wildman–Crippen LogP) is 5.60. The fourth-order valence-electron chi connectivity index (χ4n) is 3.09. The summed E-state index contributed by atoms with van der Waals surface area (Å²) in [6.45, 7) is 8.12. The maximum atomic E-state index is 12.1. The molecule has 1 amide bonds. The number of phenols is 1. The van der Waals surface area contributed by atoms with Crippen molar-refractivity contribution in [3.63, 3.8) is 0 Å². The first-order valence-electron chi connectivity index (χ1n) is 10.3. The summed E-state index contributed by atoms with van der Waals surface area (Å²) < 4.78 is 0. The number of hydrogen-bond acceptors (Lipinski definition) is 6. The van der Waals surface area contributed by atoms with Gasteiger partial charge in [0.25, 0.3) is 5.91 Å². The highest BCUT2D eigenvalue weighted by molar-refractivity contribution is 5.87. The van der Waals surface area contributed by atoms with Gasteiger partial charge in [-0.2, -0.15) is 15.3 Å². The molecule has 0 aromatic heterocycles. The molecule has 3 N–H and O–H groups in total. The van der Waals surface area contributed by atoms with E-state index in [1.54, 1.807) is 12.1 Å². The summed E-state index contributed by atoms with van der Waals surface area (Å²) in [5.41, 5.74) is 9.60. The van der Waals surface area contributed by atoms with Crippen LogP contribution in [-0.4, -0.2) is 23.8 Å². The summed E-state index contributed by atoms with van der Waals surface area (Å²) in [6.07, 6.45) is 1.38. The molecule has 7 heteroatoms. The van der Waals surface area contributed by atoms with Crippen molar-refractivity contribution >= 4 is 29.2 Å². The molecule has 0 aliphatic rings. The number of para-hydroxylation sites is 1. The smallest absolute Gasteiger partial charge is 0.259 e. The van der Waals surface area contributed by atoms with E-state index in [1.165, 1.54) is 17.8 Å². The number of rotatable bonds is 7. The van der Waals surface area contributed by atoms with Crippen LogP contribution in [0.5, 0.6) is 5.75 Å². The Morgan fingerprint density at radius 3 is 2.22 bits per heavy atom. The van der Waals surface area contributed by atoms with Gasteiger partial charge >= 0.3 is 0 Å². The van der Waals surface area contributed by atoms with E-state index < -0.39 is 0 Å². The summed E-state index contributed by atoms with van der Waals surface area (Å²) in [7, 11) is 0. The Labute approximate surface area is 187 Å². The van der Waals surface area contributed by atoms with E-state index in [2.05, 4.69) is 26.1 Å². The molecule has 0 heterocycles. The van der Waals surface area contributed by atoms with Crippen molar-refractivity contribution in [3.8, 4) is 5.75 Å². The molecule has 3 aromatic rings. The molecule has 32 heavy (non-hydrogen) atoms. The first-order chi connectivity index (χ1) is 15.3. The van der Waals surface area contributed by atoms with Crippen LogP contribution in [-0.2, 0) is 4.79 Å². The third kappa shape index (κ3) is 6.01. The van der Waals surface area contributed by atoms with Gasteiger partial charge in [-0.05, 0) is 80.3 Å². The van der Waals surface area contributed by atoms with E-state index in [0.717, 1.165) is 28.1 Å². The quantitative estimate of drug-likeness (QED) is 0.259. The Bertz CT molecular complexity index is 1160. The second-order valence-corrected chi connectivity index (χ2v) is 7.63. The molecule has 7 nitrogen and oxygen atoms in total. The van der Waals surface area contributed by atoms with Gasteiger partial charge in [0.05, 0.1) is 24.1 Å². The summed E-state index contributed by atoms with van der Waals surface area (Å²) >= 11 is 0. The average molecular weight is 430 g/mol. The molecule has 0 radical (unpaired) electrons. The van der Waals surface area contributed by atoms with Crippen molar-refractivity contribution in [1.82, 2.24) is 5.43 Å². The zero-order valence-electron chi connectivity index (χ0n) is 18.7. The van der Waals surface area contributed by atoms with Crippen LogP contribution in [0.1, 0.15) is 27.8 Å². The second-order valence-electron chi connectivity index (χ2n) is 7.63. The number of hydrazone groups is 1. The number of aryl methyl sites for hydroxylation is 4. The van der Waals surface area contributed by atoms with Crippen LogP contribution < -0.4 is 10.7 Å². The number of hydrogen-bond donors (Lipinski definition) is 3. The number of nitrogens with zero attached hydrogens (tertiary/aromatic N) is 3. The molecule has 0 unspecified atom stereocenters. The van der Waals surface area contributed by atoms with Crippen molar-refractivity contribution in [2.75, 3.05) is 11.9 Å². The fraction of sp³-hybridized carbons (Fsp3) is 0.200. The number of azo groups is 1. The molecule has 0 spiro atoms. The standard InChI is InChI=1S/C25H27N5O2/c1-16-8-9-21(12-19(16)4)28-29-22-10-11-23(31)20(13-22)14-27-30-24(32)15-26-25-17(2)6-5-7-18(25)3/h5-14,26,31H,15H2,1-4H3,(H,30,32). The van der Waals surface area contributed by atoms with Gasteiger partial charge in [-0.1, -0.05) is 24.3 Å². The van der Waals surface area contributed by atoms with E-state index in [1.807, 2.05) is 64.1 Å². The van der Waals surface area contributed by atoms with Crippen LogP contribution in [0.2, 0.25) is 0 Å². The highest BCUT2D eigenvalue weighted by Crippen LogP contribution is 2.25. The summed E-state index contributed by atoms with van der Waals surface area (Å²) in [6, 6.07) is 16.6. The van der Waals surface area contributed by atoms with Crippen LogP contribution in [0.15, 0.2) is 69.9 Å². The molecule has 3 rings (SSSR count). The monoisotopic (exact) mass is 429 g/mol. The SMILES string of the molecule is Cc1ccc(N=Nc2ccc(O)c(C=NNC(=O)CNc3c(C)cccc3C)c2)cc1C. The van der Waals surface area contributed by atoms with Gasteiger partial charge in [0.15, 0.2) is 0 Å². The lowest BCUT2D eigenvalue weighted by Gasteiger charge is -2.11. The van der Waals surface area contributed by atoms with Gasteiger partial charge in [-0.25, -0.2) is 5.43 Å². The minimum atomic E-state index is -0.297. The Kier molecular flexibility index (Phi) is 7.33. The fourth-order valence-corrected chi connectivity index (χ4v) is 3.09. The topological polar surface area (TPSA) is 98.4 Å². The molecule has 3 aromatic carbocycles. The molecule has 0 aliphatic carbocycles. The maximum absolute atomic E-state index is 12.1. The lowest BCUT2D eigenvalue weighted by atomic mass is 10.1. The number of benzene rings is 3. The van der Waals surface area contributed by atoms with Crippen molar-refractivity contribution in [2.45, 2.75) is 27.7 Å². The van der Waals surface area contributed by atoms with E-state index in [9.17, 15) is 9.90 Å². The summed E-state index contributed by atoms with van der Waals surface area (Å²) in [5, 5.41) is 25.6. The molecular weight excluding hydrogens is 402 g/mol. The van der Waals surface area contributed by atoms with Crippen LogP contribution in [0.3, 0.4) is 0 Å². The largest absolute Gasteiger partial charge is 0.507 e. The lowest BCUT2D eigenvalue weighted by Crippen LogP contribution is -2.26. The Balaban J connectivity index is 1.61. The minimum absolute atomic E-state index is 0.0294. The van der Waals surface area contributed by atoms with Crippen LogP contribution in [0, 0.1) is 27.7 Å². The third-order valence-electron chi connectivity index (χ3n) is 5.08. The molecule has 164 valence electrons. The van der Waals surface area contributed by atoms with Gasteiger partial charge in [0.1, 0.15) is 5.75 Å².